The van der Waals surface area contributed by atoms with Gasteiger partial charge >= 0.3 is 0 Å². The Hall–Kier alpha value is -7.69. The molecular formula is C53H35N3O. The van der Waals surface area contributed by atoms with E-state index in [-0.39, 0.29) is 0 Å². The van der Waals surface area contributed by atoms with Crippen molar-refractivity contribution < 1.29 is 4.42 Å². The van der Waals surface area contributed by atoms with Crippen LogP contribution in [0, 0.1) is 0 Å². The summed E-state index contributed by atoms with van der Waals surface area (Å²) in [4.78, 5) is 15.5. The molecule has 0 aliphatic rings. The summed E-state index contributed by atoms with van der Waals surface area (Å²) < 4.78 is 6.30. The Morgan fingerprint density at radius 3 is 1.30 bits per heavy atom. The van der Waals surface area contributed by atoms with Crippen LogP contribution < -0.4 is 0 Å². The lowest BCUT2D eigenvalue weighted by Crippen LogP contribution is -2.01. The first-order valence-corrected chi connectivity index (χ1v) is 19.1. The van der Waals surface area contributed by atoms with Crippen molar-refractivity contribution in [1.82, 2.24) is 15.0 Å². The molecule has 0 saturated heterocycles. The van der Waals surface area contributed by atoms with E-state index in [1.165, 1.54) is 0 Å². The number of hydrogen-bond donors (Lipinski definition) is 0. The van der Waals surface area contributed by atoms with Gasteiger partial charge in [0.1, 0.15) is 11.2 Å². The molecule has 0 amide bonds. The zero-order chi connectivity index (χ0) is 38.0. The van der Waals surface area contributed by atoms with Crippen molar-refractivity contribution in [2.24, 2.45) is 0 Å². The van der Waals surface area contributed by atoms with Crippen molar-refractivity contribution in [2.75, 3.05) is 0 Å². The van der Waals surface area contributed by atoms with Crippen molar-refractivity contribution >= 4 is 33.1 Å². The van der Waals surface area contributed by atoms with Gasteiger partial charge in [0.05, 0.1) is 0 Å². The van der Waals surface area contributed by atoms with E-state index in [9.17, 15) is 0 Å². The number of furan rings is 1. The van der Waals surface area contributed by atoms with Crippen molar-refractivity contribution in [3.8, 4) is 45.3 Å². The summed E-state index contributed by atoms with van der Waals surface area (Å²) >= 11 is 0. The first-order chi connectivity index (χ1) is 28.2. The van der Waals surface area contributed by atoms with Crippen molar-refractivity contribution in [3.05, 3.63) is 235 Å². The Labute approximate surface area is 331 Å². The molecular weight excluding hydrogens is 695 g/mol. The van der Waals surface area contributed by atoms with Crippen LogP contribution in [0.4, 0.5) is 0 Å². The Morgan fingerprint density at radius 2 is 0.684 bits per heavy atom. The zero-order valence-electron chi connectivity index (χ0n) is 31.0. The standard InChI is InChI=1S/C53H35N3O/c1-5-16-36(17-6-1)37-28-30-41(31-29-37)51-54-52(56-53(55-51)44-32-33-46-45-26-13-14-27-47(45)57-48(46)35-44)43-25-15-24-42(34-43)50(40-22-11-4-12-23-40)49(38-18-7-2-8-19-38)39-20-9-3-10-21-39/h1-35H. The van der Waals surface area contributed by atoms with Crippen LogP contribution in [0.15, 0.2) is 217 Å². The quantitative estimate of drug-likeness (QED) is 0.146. The highest BCUT2D eigenvalue weighted by molar-refractivity contribution is 6.06. The van der Waals surface area contributed by atoms with Gasteiger partial charge in [0.15, 0.2) is 17.5 Å². The van der Waals surface area contributed by atoms with E-state index < -0.39 is 0 Å². The molecule has 57 heavy (non-hydrogen) atoms. The number of nitrogens with zero attached hydrogens (tertiary/aromatic N) is 3. The minimum absolute atomic E-state index is 0.572. The van der Waals surface area contributed by atoms with E-state index in [0.717, 1.165) is 83.2 Å². The molecule has 2 aromatic heterocycles. The van der Waals surface area contributed by atoms with Crippen LogP contribution in [0.1, 0.15) is 22.3 Å². The molecule has 0 saturated carbocycles. The lowest BCUT2D eigenvalue weighted by molar-refractivity contribution is 0.669. The van der Waals surface area contributed by atoms with Crippen molar-refractivity contribution in [1.29, 1.82) is 0 Å². The number of fused-ring (bicyclic) bond motifs is 3. The molecule has 0 unspecified atom stereocenters. The van der Waals surface area contributed by atoms with Crippen LogP contribution in [0.25, 0.3) is 78.4 Å². The number of benzene rings is 8. The van der Waals surface area contributed by atoms with Crippen LogP contribution in [0.5, 0.6) is 0 Å². The third-order valence-corrected chi connectivity index (χ3v) is 10.4. The number of rotatable bonds is 8. The fraction of sp³-hybridized carbons (Fsp3) is 0. The van der Waals surface area contributed by atoms with E-state index in [4.69, 9.17) is 19.4 Å². The maximum atomic E-state index is 6.30. The summed E-state index contributed by atoms with van der Waals surface area (Å²) in [6, 6.07) is 73.6. The van der Waals surface area contributed by atoms with E-state index in [0.29, 0.717) is 17.5 Å². The first-order valence-electron chi connectivity index (χ1n) is 19.1. The fourth-order valence-corrected chi connectivity index (χ4v) is 7.61. The molecule has 10 aromatic rings. The van der Waals surface area contributed by atoms with E-state index in [1.807, 2.05) is 30.3 Å². The Morgan fingerprint density at radius 1 is 0.281 bits per heavy atom. The highest BCUT2D eigenvalue weighted by atomic mass is 16.3. The van der Waals surface area contributed by atoms with Crippen LogP contribution in [-0.2, 0) is 0 Å². The van der Waals surface area contributed by atoms with Gasteiger partial charge in [-0.15, -0.1) is 0 Å². The predicted molar refractivity (Wildman–Crippen MR) is 233 cm³/mol. The van der Waals surface area contributed by atoms with Gasteiger partial charge in [0.2, 0.25) is 0 Å². The van der Waals surface area contributed by atoms with Gasteiger partial charge in [-0.25, -0.2) is 15.0 Å². The topological polar surface area (TPSA) is 51.8 Å². The smallest absolute Gasteiger partial charge is 0.164 e. The van der Waals surface area contributed by atoms with Crippen LogP contribution in [0.3, 0.4) is 0 Å². The van der Waals surface area contributed by atoms with E-state index in [1.54, 1.807) is 0 Å². The third kappa shape index (κ3) is 6.70. The molecule has 0 aliphatic heterocycles. The highest BCUT2D eigenvalue weighted by Crippen LogP contribution is 2.38. The molecule has 0 atom stereocenters. The molecule has 268 valence electrons. The molecule has 0 fully saturated rings. The summed E-state index contributed by atoms with van der Waals surface area (Å²) in [5.74, 6) is 1.75. The van der Waals surface area contributed by atoms with Gasteiger partial charge in [-0.3, -0.25) is 0 Å². The average Bonchev–Trinajstić information content (AvgIpc) is 3.67. The minimum Gasteiger partial charge on any atom is -0.456 e. The summed E-state index contributed by atoms with van der Waals surface area (Å²) in [6.07, 6.45) is 0. The molecule has 2 heterocycles. The minimum atomic E-state index is 0.572. The second kappa shape index (κ2) is 14.9. The maximum absolute atomic E-state index is 6.30. The molecule has 4 heteroatoms. The van der Waals surface area contributed by atoms with Crippen LogP contribution in [-0.4, -0.2) is 15.0 Å². The average molecular weight is 730 g/mol. The van der Waals surface area contributed by atoms with Crippen LogP contribution >= 0.6 is 0 Å². The number of hydrogen-bond acceptors (Lipinski definition) is 4. The zero-order valence-corrected chi connectivity index (χ0v) is 31.0. The van der Waals surface area contributed by atoms with Crippen LogP contribution in [0.2, 0.25) is 0 Å². The third-order valence-electron chi connectivity index (χ3n) is 10.4. The van der Waals surface area contributed by atoms with Gasteiger partial charge in [0, 0.05) is 27.5 Å². The van der Waals surface area contributed by atoms with Crippen molar-refractivity contribution in [3.63, 3.8) is 0 Å². The molecule has 0 radical (unpaired) electrons. The monoisotopic (exact) mass is 729 g/mol. The number of aromatic nitrogens is 3. The Balaban J connectivity index is 1.16. The molecule has 0 aliphatic carbocycles. The normalized spacial score (nSPS) is 11.2. The Kier molecular flexibility index (Phi) is 8.82. The predicted octanol–water partition coefficient (Wildman–Crippen LogP) is 13.4. The molecule has 10 rings (SSSR count). The SMILES string of the molecule is c1ccc(C(=C(c2ccccc2)c2cccc(-c3nc(-c4ccc(-c5ccccc5)cc4)nc(-c4ccc5c(c4)oc4ccccc45)n3)c2)c2ccccc2)cc1. The molecule has 0 spiro atoms. The largest absolute Gasteiger partial charge is 0.456 e. The van der Waals surface area contributed by atoms with Gasteiger partial charge < -0.3 is 4.42 Å². The molecule has 0 bridgehead atoms. The second-order valence-electron chi connectivity index (χ2n) is 14.0. The van der Waals surface area contributed by atoms with Gasteiger partial charge in [-0.1, -0.05) is 188 Å². The fourth-order valence-electron chi connectivity index (χ4n) is 7.61. The van der Waals surface area contributed by atoms with Crippen molar-refractivity contribution in [2.45, 2.75) is 0 Å². The van der Waals surface area contributed by atoms with E-state index in [2.05, 4.69) is 182 Å². The molecule has 4 nitrogen and oxygen atoms in total. The molecule has 0 N–H and O–H groups in total. The van der Waals surface area contributed by atoms with Gasteiger partial charge in [-0.2, -0.15) is 0 Å². The second-order valence-corrected chi connectivity index (χ2v) is 14.0. The summed E-state index contributed by atoms with van der Waals surface area (Å²) in [7, 11) is 0. The lowest BCUT2D eigenvalue weighted by Gasteiger charge is -2.18. The number of para-hydroxylation sites is 1. The molecule has 8 aromatic carbocycles. The highest BCUT2D eigenvalue weighted by Gasteiger charge is 2.19. The summed E-state index contributed by atoms with van der Waals surface area (Å²) in [6.45, 7) is 0. The summed E-state index contributed by atoms with van der Waals surface area (Å²) in [5.41, 5.74) is 13.3. The summed E-state index contributed by atoms with van der Waals surface area (Å²) in [5, 5.41) is 2.14. The van der Waals surface area contributed by atoms with E-state index >= 15 is 0 Å². The Bertz CT molecular complexity index is 2990. The maximum Gasteiger partial charge on any atom is 0.164 e. The van der Waals surface area contributed by atoms with Gasteiger partial charge in [-0.05, 0) is 68.8 Å². The lowest BCUT2D eigenvalue weighted by atomic mass is 9.85. The van der Waals surface area contributed by atoms with Gasteiger partial charge in [0.25, 0.3) is 0 Å². The first kappa shape index (κ1) is 33.8.